The lowest BCUT2D eigenvalue weighted by Gasteiger charge is -2.27. The maximum absolute atomic E-state index is 12.6. The van der Waals surface area contributed by atoms with Crippen LogP contribution in [0, 0.1) is 0 Å². The van der Waals surface area contributed by atoms with Gasteiger partial charge >= 0.3 is 6.18 Å². The van der Waals surface area contributed by atoms with Gasteiger partial charge in [-0.1, -0.05) is 11.6 Å². The number of ether oxygens (including phenoxy) is 1. The van der Waals surface area contributed by atoms with Gasteiger partial charge in [-0.3, -0.25) is 4.90 Å². The molecule has 1 saturated heterocycles. The SMILES string of the molecule is FC(F)(F)c1ccc(Cl)c(CN2CCOCC2)c1. The van der Waals surface area contributed by atoms with Crippen molar-refractivity contribution in [1.82, 2.24) is 4.90 Å². The quantitative estimate of drug-likeness (QED) is 0.824. The molecule has 0 atom stereocenters. The van der Waals surface area contributed by atoms with E-state index in [0.29, 0.717) is 43.4 Å². The number of alkyl halides is 3. The van der Waals surface area contributed by atoms with E-state index in [2.05, 4.69) is 0 Å². The van der Waals surface area contributed by atoms with E-state index >= 15 is 0 Å². The second kappa shape index (κ2) is 5.47. The molecular formula is C12H13ClF3NO. The van der Waals surface area contributed by atoms with Crippen LogP contribution in [0.1, 0.15) is 11.1 Å². The molecule has 1 aromatic carbocycles. The van der Waals surface area contributed by atoms with Crippen LogP contribution in [0.25, 0.3) is 0 Å². The first-order chi connectivity index (χ1) is 8.47. The standard InChI is InChI=1S/C12H13ClF3NO/c13-11-2-1-10(12(14,15)16)7-9(11)8-17-3-5-18-6-4-17/h1-2,7H,3-6,8H2. The van der Waals surface area contributed by atoms with Crippen LogP contribution in [-0.2, 0) is 17.5 Å². The highest BCUT2D eigenvalue weighted by Gasteiger charge is 2.31. The monoisotopic (exact) mass is 279 g/mol. The number of halogens is 4. The normalized spacial score (nSPS) is 18.0. The number of hydrogen-bond acceptors (Lipinski definition) is 2. The first-order valence-electron chi connectivity index (χ1n) is 5.62. The van der Waals surface area contributed by atoms with Gasteiger partial charge in [0.05, 0.1) is 18.8 Å². The summed E-state index contributed by atoms with van der Waals surface area (Å²) >= 11 is 5.94. The van der Waals surface area contributed by atoms with Crippen molar-refractivity contribution in [2.45, 2.75) is 12.7 Å². The first kappa shape index (κ1) is 13.6. The molecule has 0 aromatic heterocycles. The van der Waals surface area contributed by atoms with Gasteiger partial charge in [-0.05, 0) is 23.8 Å². The third-order valence-electron chi connectivity index (χ3n) is 2.87. The molecule has 1 heterocycles. The van der Waals surface area contributed by atoms with Gasteiger partial charge in [0.2, 0.25) is 0 Å². The maximum atomic E-state index is 12.6. The van der Waals surface area contributed by atoms with Crippen LogP contribution in [0.15, 0.2) is 18.2 Å². The Morgan fingerprint density at radius 2 is 1.89 bits per heavy atom. The summed E-state index contributed by atoms with van der Waals surface area (Å²) in [4.78, 5) is 2.03. The van der Waals surface area contributed by atoms with E-state index in [1.54, 1.807) is 0 Å². The molecule has 2 rings (SSSR count). The average Bonchev–Trinajstić information content (AvgIpc) is 2.32. The largest absolute Gasteiger partial charge is 0.416 e. The topological polar surface area (TPSA) is 12.5 Å². The molecule has 0 aliphatic carbocycles. The van der Waals surface area contributed by atoms with Gasteiger partial charge in [-0.15, -0.1) is 0 Å². The lowest BCUT2D eigenvalue weighted by atomic mass is 10.1. The highest BCUT2D eigenvalue weighted by molar-refractivity contribution is 6.31. The van der Waals surface area contributed by atoms with Crippen LogP contribution in [-0.4, -0.2) is 31.2 Å². The molecule has 1 aliphatic rings. The summed E-state index contributed by atoms with van der Waals surface area (Å²) in [6.45, 7) is 3.07. The Morgan fingerprint density at radius 1 is 1.22 bits per heavy atom. The molecular weight excluding hydrogens is 267 g/mol. The Bertz CT molecular complexity index is 416. The Kier molecular flexibility index (Phi) is 4.14. The van der Waals surface area contributed by atoms with E-state index in [4.69, 9.17) is 16.3 Å². The molecule has 0 bridgehead atoms. The van der Waals surface area contributed by atoms with Gasteiger partial charge in [-0.2, -0.15) is 13.2 Å². The van der Waals surface area contributed by atoms with Crippen LogP contribution in [0.3, 0.4) is 0 Å². The molecule has 2 nitrogen and oxygen atoms in total. The lowest BCUT2D eigenvalue weighted by molar-refractivity contribution is -0.137. The van der Waals surface area contributed by atoms with Gasteiger partial charge in [0, 0.05) is 24.7 Å². The molecule has 0 spiro atoms. The van der Waals surface area contributed by atoms with E-state index in [9.17, 15) is 13.2 Å². The predicted molar refractivity (Wildman–Crippen MR) is 62.6 cm³/mol. The third kappa shape index (κ3) is 3.37. The molecule has 0 N–H and O–H groups in total. The summed E-state index contributed by atoms with van der Waals surface area (Å²) in [5.74, 6) is 0. The summed E-state index contributed by atoms with van der Waals surface area (Å²) in [5, 5.41) is 0.370. The molecule has 1 aliphatic heterocycles. The van der Waals surface area contributed by atoms with E-state index in [1.165, 1.54) is 6.07 Å². The molecule has 6 heteroatoms. The van der Waals surface area contributed by atoms with Crippen molar-refractivity contribution in [1.29, 1.82) is 0 Å². The molecule has 0 radical (unpaired) electrons. The molecule has 1 aromatic rings. The fraction of sp³-hybridized carbons (Fsp3) is 0.500. The van der Waals surface area contributed by atoms with E-state index in [1.807, 2.05) is 4.90 Å². The number of morpholine rings is 1. The summed E-state index contributed by atoms with van der Waals surface area (Å²) in [6, 6.07) is 3.43. The van der Waals surface area contributed by atoms with Crippen molar-refractivity contribution < 1.29 is 17.9 Å². The fourth-order valence-corrected chi connectivity index (χ4v) is 2.05. The first-order valence-corrected chi connectivity index (χ1v) is 6.00. The second-order valence-corrected chi connectivity index (χ2v) is 4.60. The zero-order valence-corrected chi connectivity index (χ0v) is 10.4. The fourth-order valence-electron chi connectivity index (χ4n) is 1.87. The van der Waals surface area contributed by atoms with E-state index in [-0.39, 0.29) is 0 Å². The molecule has 0 saturated carbocycles. The molecule has 18 heavy (non-hydrogen) atoms. The number of rotatable bonds is 2. The highest BCUT2D eigenvalue weighted by atomic mass is 35.5. The Labute approximate surface area is 108 Å². The molecule has 100 valence electrons. The minimum atomic E-state index is -4.33. The van der Waals surface area contributed by atoms with Crippen LogP contribution < -0.4 is 0 Å². The van der Waals surface area contributed by atoms with E-state index < -0.39 is 11.7 Å². The van der Waals surface area contributed by atoms with Gasteiger partial charge < -0.3 is 4.74 Å². The van der Waals surface area contributed by atoms with Crippen LogP contribution in [0.2, 0.25) is 5.02 Å². The second-order valence-electron chi connectivity index (χ2n) is 4.19. The number of benzene rings is 1. The van der Waals surface area contributed by atoms with Crippen molar-refractivity contribution >= 4 is 11.6 Å². The minimum Gasteiger partial charge on any atom is -0.379 e. The highest BCUT2D eigenvalue weighted by Crippen LogP contribution is 2.32. The summed E-state index contributed by atoms with van der Waals surface area (Å²) in [6.07, 6.45) is -4.33. The molecule has 1 fully saturated rings. The van der Waals surface area contributed by atoms with Crippen molar-refractivity contribution in [2.24, 2.45) is 0 Å². The summed E-state index contributed by atoms with van der Waals surface area (Å²) in [5.41, 5.74) is -0.149. The summed E-state index contributed by atoms with van der Waals surface area (Å²) in [7, 11) is 0. The van der Waals surface area contributed by atoms with Crippen molar-refractivity contribution in [3.63, 3.8) is 0 Å². The maximum Gasteiger partial charge on any atom is 0.416 e. The summed E-state index contributed by atoms with van der Waals surface area (Å²) < 4.78 is 43.0. The average molecular weight is 280 g/mol. The Balaban J connectivity index is 2.15. The van der Waals surface area contributed by atoms with Crippen molar-refractivity contribution in [2.75, 3.05) is 26.3 Å². The van der Waals surface area contributed by atoms with Gasteiger partial charge in [0.25, 0.3) is 0 Å². The Hall–Kier alpha value is -0.780. The molecule has 0 amide bonds. The van der Waals surface area contributed by atoms with Crippen molar-refractivity contribution in [3.8, 4) is 0 Å². The zero-order valence-electron chi connectivity index (χ0n) is 9.63. The van der Waals surface area contributed by atoms with Crippen molar-refractivity contribution in [3.05, 3.63) is 34.3 Å². The van der Waals surface area contributed by atoms with Gasteiger partial charge in [0.15, 0.2) is 0 Å². The number of hydrogen-bond donors (Lipinski definition) is 0. The lowest BCUT2D eigenvalue weighted by Crippen LogP contribution is -2.35. The third-order valence-corrected chi connectivity index (χ3v) is 3.24. The Morgan fingerprint density at radius 3 is 2.50 bits per heavy atom. The van der Waals surface area contributed by atoms with Gasteiger partial charge in [0.1, 0.15) is 0 Å². The smallest absolute Gasteiger partial charge is 0.379 e. The molecule has 0 unspecified atom stereocenters. The van der Waals surface area contributed by atoms with Crippen LogP contribution in [0.5, 0.6) is 0 Å². The van der Waals surface area contributed by atoms with Gasteiger partial charge in [-0.25, -0.2) is 0 Å². The van der Waals surface area contributed by atoms with Crippen LogP contribution >= 0.6 is 11.6 Å². The van der Waals surface area contributed by atoms with Crippen LogP contribution in [0.4, 0.5) is 13.2 Å². The predicted octanol–water partition coefficient (Wildman–Crippen LogP) is 3.19. The minimum absolute atomic E-state index is 0.370. The van der Waals surface area contributed by atoms with E-state index in [0.717, 1.165) is 12.1 Å². The zero-order chi connectivity index (χ0) is 13.2. The number of nitrogens with zero attached hydrogens (tertiary/aromatic N) is 1.